The molecule has 8 heteroatoms. The number of nitrogens with one attached hydrogen (secondary N) is 1. The van der Waals surface area contributed by atoms with Gasteiger partial charge < -0.3 is 15.2 Å². The predicted molar refractivity (Wildman–Crippen MR) is 79.5 cm³/mol. The van der Waals surface area contributed by atoms with Crippen LogP contribution < -0.4 is 10.1 Å². The first-order valence-corrected chi connectivity index (χ1v) is 6.61. The highest BCUT2D eigenvalue weighted by Crippen LogP contribution is 2.30. The standard InChI is InChI=1S/C15H14F2N2O4/c1-23-15-7-10(3-5-13(15)19(21)22)18-8-14(20)9-2-4-11(16)12(17)6-9/h2-7,14,18,20H,8H2,1H3/t14-/m1/s1. The number of rotatable bonds is 6. The first kappa shape index (κ1) is 16.6. The Kier molecular flexibility index (Phi) is 5.07. The molecule has 0 aliphatic heterocycles. The number of aliphatic hydroxyl groups is 1. The molecule has 0 bridgehead atoms. The molecule has 0 aromatic heterocycles. The minimum Gasteiger partial charge on any atom is -0.490 e. The van der Waals surface area contributed by atoms with Crippen molar-refractivity contribution in [1.82, 2.24) is 0 Å². The number of halogens is 2. The number of ether oxygens (including phenoxy) is 1. The molecule has 0 radical (unpaired) electrons. The Morgan fingerprint density at radius 2 is 2.00 bits per heavy atom. The Morgan fingerprint density at radius 3 is 2.61 bits per heavy atom. The number of benzene rings is 2. The summed E-state index contributed by atoms with van der Waals surface area (Å²) in [4.78, 5) is 10.2. The number of hydrogen-bond acceptors (Lipinski definition) is 5. The monoisotopic (exact) mass is 324 g/mol. The van der Waals surface area contributed by atoms with E-state index in [1.165, 1.54) is 31.4 Å². The van der Waals surface area contributed by atoms with Crippen LogP contribution in [0, 0.1) is 21.7 Å². The third-order valence-corrected chi connectivity index (χ3v) is 3.20. The highest BCUT2D eigenvalue weighted by atomic mass is 19.2. The lowest BCUT2D eigenvalue weighted by Crippen LogP contribution is -2.12. The first-order chi connectivity index (χ1) is 10.9. The van der Waals surface area contributed by atoms with Crippen molar-refractivity contribution in [1.29, 1.82) is 0 Å². The van der Waals surface area contributed by atoms with Gasteiger partial charge in [-0.15, -0.1) is 0 Å². The van der Waals surface area contributed by atoms with E-state index in [1.54, 1.807) is 0 Å². The number of hydrogen-bond donors (Lipinski definition) is 2. The molecule has 122 valence electrons. The van der Waals surface area contributed by atoms with Crippen LogP contribution in [-0.4, -0.2) is 23.7 Å². The molecule has 0 saturated carbocycles. The van der Waals surface area contributed by atoms with Gasteiger partial charge in [-0.25, -0.2) is 8.78 Å². The Hall–Kier alpha value is -2.74. The van der Waals surface area contributed by atoms with E-state index in [2.05, 4.69) is 5.32 Å². The molecule has 0 heterocycles. The molecule has 2 aromatic carbocycles. The van der Waals surface area contributed by atoms with Crippen LogP contribution in [-0.2, 0) is 0 Å². The average molecular weight is 324 g/mol. The molecule has 0 aliphatic rings. The molecule has 0 fully saturated rings. The summed E-state index contributed by atoms with van der Waals surface area (Å²) >= 11 is 0. The van der Waals surface area contributed by atoms with E-state index >= 15 is 0 Å². The van der Waals surface area contributed by atoms with Gasteiger partial charge in [0.2, 0.25) is 0 Å². The quantitative estimate of drug-likeness (QED) is 0.630. The third-order valence-electron chi connectivity index (χ3n) is 3.20. The van der Waals surface area contributed by atoms with Gasteiger partial charge in [0.25, 0.3) is 0 Å². The maximum absolute atomic E-state index is 13.1. The number of methoxy groups -OCH3 is 1. The summed E-state index contributed by atoms with van der Waals surface area (Å²) in [7, 11) is 1.31. The largest absolute Gasteiger partial charge is 0.490 e. The fourth-order valence-electron chi connectivity index (χ4n) is 1.99. The zero-order valence-electron chi connectivity index (χ0n) is 12.1. The number of aliphatic hydroxyl groups excluding tert-OH is 1. The Morgan fingerprint density at radius 1 is 1.26 bits per heavy atom. The fraction of sp³-hybridized carbons (Fsp3) is 0.200. The molecule has 0 saturated heterocycles. The summed E-state index contributed by atoms with van der Waals surface area (Å²) < 4.78 is 30.9. The lowest BCUT2D eigenvalue weighted by atomic mass is 10.1. The molecule has 0 unspecified atom stereocenters. The SMILES string of the molecule is COc1cc(NC[C@@H](O)c2ccc(F)c(F)c2)ccc1[N+](=O)[O-]. The molecule has 2 aromatic rings. The van der Waals surface area contributed by atoms with Gasteiger partial charge in [0.1, 0.15) is 0 Å². The second-order valence-corrected chi connectivity index (χ2v) is 4.71. The molecule has 2 rings (SSSR count). The predicted octanol–water partition coefficient (Wildman–Crippen LogP) is 3.03. The highest BCUT2D eigenvalue weighted by molar-refractivity contribution is 5.58. The van der Waals surface area contributed by atoms with Crippen molar-refractivity contribution in [2.75, 3.05) is 19.0 Å². The van der Waals surface area contributed by atoms with E-state index < -0.39 is 22.7 Å². The van der Waals surface area contributed by atoms with E-state index in [4.69, 9.17) is 4.74 Å². The fourth-order valence-corrected chi connectivity index (χ4v) is 1.99. The van der Waals surface area contributed by atoms with Gasteiger partial charge >= 0.3 is 5.69 Å². The zero-order valence-corrected chi connectivity index (χ0v) is 12.1. The normalized spacial score (nSPS) is 11.8. The summed E-state index contributed by atoms with van der Waals surface area (Å²) in [6, 6.07) is 7.27. The van der Waals surface area contributed by atoms with Crippen molar-refractivity contribution in [3.05, 3.63) is 63.7 Å². The van der Waals surface area contributed by atoms with Crippen molar-refractivity contribution in [2.24, 2.45) is 0 Å². The maximum atomic E-state index is 13.1. The lowest BCUT2D eigenvalue weighted by Gasteiger charge is -2.14. The van der Waals surface area contributed by atoms with Gasteiger partial charge in [0.05, 0.1) is 18.1 Å². The average Bonchev–Trinajstić information content (AvgIpc) is 2.54. The van der Waals surface area contributed by atoms with Crippen LogP contribution in [0.3, 0.4) is 0 Å². The van der Waals surface area contributed by atoms with Crippen LogP contribution in [0.1, 0.15) is 11.7 Å². The molecule has 1 atom stereocenters. The summed E-state index contributed by atoms with van der Waals surface area (Å²) in [6.07, 6.45) is -1.08. The lowest BCUT2D eigenvalue weighted by molar-refractivity contribution is -0.385. The van der Waals surface area contributed by atoms with E-state index in [1.807, 2.05) is 0 Å². The highest BCUT2D eigenvalue weighted by Gasteiger charge is 2.15. The van der Waals surface area contributed by atoms with Crippen LogP contribution in [0.2, 0.25) is 0 Å². The number of nitrogens with zero attached hydrogens (tertiary/aromatic N) is 1. The van der Waals surface area contributed by atoms with E-state index in [9.17, 15) is 24.0 Å². The van der Waals surface area contributed by atoms with Crippen molar-refractivity contribution in [3.8, 4) is 5.75 Å². The Balaban J connectivity index is 2.08. The third kappa shape index (κ3) is 3.92. The number of nitro benzene ring substituents is 1. The number of nitro groups is 1. The molecule has 0 aliphatic carbocycles. The van der Waals surface area contributed by atoms with Crippen molar-refractivity contribution >= 4 is 11.4 Å². The summed E-state index contributed by atoms with van der Waals surface area (Å²) in [5.74, 6) is -1.96. The van der Waals surface area contributed by atoms with Gasteiger partial charge in [0.15, 0.2) is 17.4 Å². The second kappa shape index (κ2) is 7.01. The van der Waals surface area contributed by atoms with E-state index in [-0.39, 0.29) is 23.5 Å². The summed E-state index contributed by atoms with van der Waals surface area (Å²) in [5, 5.41) is 23.6. The Labute approximate surface area is 130 Å². The summed E-state index contributed by atoms with van der Waals surface area (Å²) in [6.45, 7) is 0.00599. The van der Waals surface area contributed by atoms with Crippen LogP contribution in [0.15, 0.2) is 36.4 Å². The Bertz CT molecular complexity index is 725. The molecule has 0 amide bonds. The topological polar surface area (TPSA) is 84.6 Å². The van der Waals surface area contributed by atoms with Crippen LogP contribution in [0.4, 0.5) is 20.2 Å². The van der Waals surface area contributed by atoms with Gasteiger partial charge in [-0.1, -0.05) is 6.07 Å². The molecule has 0 spiro atoms. The van der Waals surface area contributed by atoms with E-state index in [0.717, 1.165) is 12.1 Å². The van der Waals surface area contributed by atoms with Gasteiger partial charge in [-0.05, 0) is 23.8 Å². The van der Waals surface area contributed by atoms with Crippen LogP contribution >= 0.6 is 0 Å². The maximum Gasteiger partial charge on any atom is 0.311 e. The van der Waals surface area contributed by atoms with Crippen molar-refractivity contribution < 1.29 is 23.5 Å². The molecule has 2 N–H and O–H groups in total. The minimum absolute atomic E-state index is 0.00599. The number of anilines is 1. The molecule has 23 heavy (non-hydrogen) atoms. The van der Waals surface area contributed by atoms with Gasteiger partial charge in [-0.3, -0.25) is 10.1 Å². The molecule has 6 nitrogen and oxygen atoms in total. The first-order valence-electron chi connectivity index (χ1n) is 6.61. The van der Waals surface area contributed by atoms with Crippen LogP contribution in [0.5, 0.6) is 5.75 Å². The second-order valence-electron chi connectivity index (χ2n) is 4.71. The zero-order chi connectivity index (χ0) is 17.0. The van der Waals surface area contributed by atoms with Gasteiger partial charge in [0, 0.05) is 24.4 Å². The summed E-state index contributed by atoms with van der Waals surface area (Å²) in [5.41, 5.74) is 0.513. The van der Waals surface area contributed by atoms with Crippen molar-refractivity contribution in [3.63, 3.8) is 0 Å². The molecular formula is C15H14F2N2O4. The van der Waals surface area contributed by atoms with E-state index in [0.29, 0.717) is 5.69 Å². The van der Waals surface area contributed by atoms with Crippen LogP contribution in [0.25, 0.3) is 0 Å². The minimum atomic E-state index is -1.08. The molecular weight excluding hydrogens is 310 g/mol. The smallest absolute Gasteiger partial charge is 0.311 e. The van der Waals surface area contributed by atoms with Crippen molar-refractivity contribution in [2.45, 2.75) is 6.10 Å². The van der Waals surface area contributed by atoms with Gasteiger partial charge in [-0.2, -0.15) is 0 Å².